The van der Waals surface area contributed by atoms with Crippen LogP contribution in [-0.2, 0) is 9.47 Å². The van der Waals surface area contributed by atoms with Crippen LogP contribution in [0.1, 0.15) is 25.0 Å². The van der Waals surface area contributed by atoms with Gasteiger partial charge in [-0.05, 0) is 24.1 Å². The molecule has 0 saturated heterocycles. The van der Waals surface area contributed by atoms with Crippen molar-refractivity contribution in [2.75, 3.05) is 20.3 Å². The van der Waals surface area contributed by atoms with Crippen molar-refractivity contribution in [2.24, 2.45) is 5.73 Å². The van der Waals surface area contributed by atoms with Crippen molar-refractivity contribution < 1.29 is 9.47 Å². The van der Waals surface area contributed by atoms with Crippen LogP contribution in [0.2, 0.25) is 5.02 Å². The summed E-state index contributed by atoms with van der Waals surface area (Å²) in [6.45, 7) is 3.14. The van der Waals surface area contributed by atoms with Crippen molar-refractivity contribution in [3.8, 4) is 0 Å². The predicted octanol–water partition coefficient (Wildman–Crippen LogP) is 2.78. The minimum absolute atomic E-state index is 0.0367. The summed E-state index contributed by atoms with van der Waals surface area (Å²) in [4.78, 5) is 0. The van der Waals surface area contributed by atoms with Gasteiger partial charge in [-0.15, -0.1) is 0 Å². The number of nitrogens with two attached hydrogens (primary N) is 1. The van der Waals surface area contributed by atoms with Crippen LogP contribution >= 0.6 is 11.6 Å². The van der Waals surface area contributed by atoms with Crippen molar-refractivity contribution in [1.82, 2.24) is 0 Å². The Morgan fingerprint density at radius 3 is 2.71 bits per heavy atom. The van der Waals surface area contributed by atoms with Crippen molar-refractivity contribution >= 4 is 11.6 Å². The summed E-state index contributed by atoms with van der Waals surface area (Å²) in [7, 11) is 1.65. The first-order valence-electron chi connectivity index (χ1n) is 5.80. The lowest BCUT2D eigenvalue weighted by atomic mass is 10.0. The second-order valence-electron chi connectivity index (χ2n) is 3.91. The Morgan fingerprint density at radius 1 is 1.35 bits per heavy atom. The zero-order valence-electron chi connectivity index (χ0n) is 10.4. The van der Waals surface area contributed by atoms with E-state index in [1.165, 1.54) is 0 Å². The highest BCUT2D eigenvalue weighted by atomic mass is 35.5. The number of ether oxygens (including phenoxy) is 2. The second kappa shape index (κ2) is 7.67. The van der Waals surface area contributed by atoms with Gasteiger partial charge in [-0.1, -0.05) is 30.7 Å². The van der Waals surface area contributed by atoms with Crippen molar-refractivity contribution in [3.05, 3.63) is 34.9 Å². The van der Waals surface area contributed by atoms with Gasteiger partial charge in [0, 0.05) is 18.2 Å². The summed E-state index contributed by atoms with van der Waals surface area (Å²) in [5.41, 5.74) is 7.09. The molecule has 0 amide bonds. The molecule has 0 fully saturated rings. The quantitative estimate of drug-likeness (QED) is 0.764. The zero-order chi connectivity index (χ0) is 12.7. The fourth-order valence-electron chi connectivity index (χ4n) is 1.62. The molecule has 0 heterocycles. The molecule has 4 heteroatoms. The largest absolute Gasteiger partial charge is 0.382 e. The molecule has 0 aliphatic heterocycles. The molecule has 1 aromatic carbocycles. The Balaban J connectivity index is 2.74. The van der Waals surface area contributed by atoms with E-state index in [2.05, 4.69) is 0 Å². The molecular weight excluding hydrogens is 238 g/mol. The van der Waals surface area contributed by atoms with E-state index in [1.807, 2.05) is 31.2 Å². The summed E-state index contributed by atoms with van der Waals surface area (Å²) in [6.07, 6.45) is 0.721. The van der Waals surface area contributed by atoms with Gasteiger partial charge in [0.15, 0.2) is 0 Å². The van der Waals surface area contributed by atoms with E-state index in [0.717, 1.165) is 12.0 Å². The fourth-order valence-corrected chi connectivity index (χ4v) is 1.82. The summed E-state index contributed by atoms with van der Waals surface area (Å²) in [6, 6.07) is 7.60. The zero-order valence-corrected chi connectivity index (χ0v) is 11.1. The summed E-state index contributed by atoms with van der Waals surface area (Å²) in [5.74, 6) is 0. The molecule has 0 bridgehead atoms. The highest BCUT2D eigenvalue weighted by Crippen LogP contribution is 2.24. The van der Waals surface area contributed by atoms with E-state index in [4.69, 9.17) is 26.8 Å². The molecule has 0 spiro atoms. The maximum absolute atomic E-state index is 6.07. The summed E-state index contributed by atoms with van der Waals surface area (Å²) < 4.78 is 10.7. The Hall–Kier alpha value is -0.610. The molecule has 2 unspecified atom stereocenters. The van der Waals surface area contributed by atoms with Crippen LogP contribution in [0.15, 0.2) is 24.3 Å². The molecule has 1 rings (SSSR count). The minimum atomic E-state index is -0.131. The van der Waals surface area contributed by atoms with Gasteiger partial charge < -0.3 is 15.2 Å². The van der Waals surface area contributed by atoms with E-state index in [-0.39, 0.29) is 12.1 Å². The predicted molar refractivity (Wildman–Crippen MR) is 70.3 cm³/mol. The topological polar surface area (TPSA) is 44.5 Å². The molecule has 3 nitrogen and oxygen atoms in total. The summed E-state index contributed by atoms with van der Waals surface area (Å²) >= 11 is 5.98. The third-order valence-electron chi connectivity index (χ3n) is 2.62. The van der Waals surface area contributed by atoms with Gasteiger partial charge in [-0.25, -0.2) is 0 Å². The second-order valence-corrected chi connectivity index (χ2v) is 4.35. The van der Waals surface area contributed by atoms with Crippen LogP contribution in [0.25, 0.3) is 0 Å². The number of hydrogen-bond donors (Lipinski definition) is 1. The highest BCUT2D eigenvalue weighted by molar-refractivity contribution is 6.30. The number of hydrogen-bond acceptors (Lipinski definition) is 3. The van der Waals surface area contributed by atoms with E-state index < -0.39 is 0 Å². The maximum Gasteiger partial charge on any atom is 0.0977 e. The molecular formula is C13H20ClNO2. The monoisotopic (exact) mass is 257 g/mol. The molecule has 0 radical (unpaired) electrons. The molecule has 2 atom stereocenters. The number of methoxy groups -OCH3 is 1. The lowest BCUT2D eigenvalue weighted by molar-refractivity contribution is 0.00273. The van der Waals surface area contributed by atoms with E-state index >= 15 is 0 Å². The van der Waals surface area contributed by atoms with Gasteiger partial charge in [-0.2, -0.15) is 0 Å². The molecule has 0 aromatic heterocycles. The standard InChI is InChI=1S/C13H20ClNO2/c1-3-12(15)13(17-8-7-16-2)10-5-4-6-11(14)9-10/h4-6,9,12-13H,3,7-8,15H2,1-2H3. The molecule has 96 valence electrons. The first-order chi connectivity index (χ1) is 8.19. The SMILES string of the molecule is CCC(N)C(OCCOC)c1cccc(Cl)c1. The van der Waals surface area contributed by atoms with Crippen molar-refractivity contribution in [1.29, 1.82) is 0 Å². The van der Waals surface area contributed by atoms with Crippen LogP contribution in [0.4, 0.5) is 0 Å². The van der Waals surface area contributed by atoms with Gasteiger partial charge in [0.25, 0.3) is 0 Å². The van der Waals surface area contributed by atoms with Crippen LogP contribution in [0, 0.1) is 0 Å². The normalized spacial score (nSPS) is 14.6. The average Bonchev–Trinajstić information content (AvgIpc) is 2.34. The van der Waals surface area contributed by atoms with Crippen LogP contribution < -0.4 is 5.73 Å². The Kier molecular flexibility index (Phi) is 6.52. The Bertz CT molecular complexity index is 333. The average molecular weight is 258 g/mol. The van der Waals surface area contributed by atoms with Crippen molar-refractivity contribution in [2.45, 2.75) is 25.5 Å². The third kappa shape index (κ3) is 4.64. The van der Waals surface area contributed by atoms with Crippen molar-refractivity contribution in [3.63, 3.8) is 0 Å². The Morgan fingerprint density at radius 2 is 2.12 bits per heavy atom. The van der Waals surface area contributed by atoms with Crippen LogP contribution in [-0.4, -0.2) is 26.4 Å². The minimum Gasteiger partial charge on any atom is -0.382 e. The molecule has 0 saturated carbocycles. The van der Waals surface area contributed by atoms with Gasteiger partial charge in [0.1, 0.15) is 0 Å². The van der Waals surface area contributed by atoms with Gasteiger partial charge in [0.05, 0.1) is 19.3 Å². The molecule has 17 heavy (non-hydrogen) atoms. The van der Waals surface area contributed by atoms with E-state index in [1.54, 1.807) is 7.11 Å². The lowest BCUT2D eigenvalue weighted by Crippen LogP contribution is -2.30. The maximum atomic E-state index is 6.07. The van der Waals surface area contributed by atoms with Gasteiger partial charge >= 0.3 is 0 Å². The number of halogens is 1. The third-order valence-corrected chi connectivity index (χ3v) is 2.86. The molecule has 2 N–H and O–H groups in total. The van der Waals surface area contributed by atoms with Crippen LogP contribution in [0.3, 0.4) is 0 Å². The number of benzene rings is 1. The molecule has 0 aliphatic carbocycles. The van der Waals surface area contributed by atoms with E-state index in [0.29, 0.717) is 18.2 Å². The fraction of sp³-hybridized carbons (Fsp3) is 0.538. The van der Waals surface area contributed by atoms with Gasteiger partial charge in [-0.3, -0.25) is 0 Å². The molecule has 1 aromatic rings. The summed E-state index contributed by atoms with van der Waals surface area (Å²) in [5, 5.41) is 0.700. The van der Waals surface area contributed by atoms with Crippen LogP contribution in [0.5, 0.6) is 0 Å². The van der Waals surface area contributed by atoms with E-state index in [9.17, 15) is 0 Å². The first kappa shape index (κ1) is 14.5. The number of rotatable bonds is 7. The highest BCUT2D eigenvalue weighted by Gasteiger charge is 2.19. The smallest absolute Gasteiger partial charge is 0.0977 e. The molecule has 0 aliphatic rings. The van der Waals surface area contributed by atoms with Gasteiger partial charge in [0.2, 0.25) is 0 Å². The Labute approximate surface area is 108 Å². The first-order valence-corrected chi connectivity index (χ1v) is 6.18. The lowest BCUT2D eigenvalue weighted by Gasteiger charge is -2.24.